The third-order valence-electron chi connectivity index (χ3n) is 7.05. The first-order chi connectivity index (χ1) is 15.9. The third-order valence-corrected chi connectivity index (χ3v) is 13.2. The number of hydrogen-bond acceptors (Lipinski definition) is 4. The van der Waals surface area contributed by atoms with Crippen LogP contribution in [0, 0.1) is 5.82 Å². The summed E-state index contributed by atoms with van der Waals surface area (Å²) in [5.74, 6) is 2.44. The molecule has 0 radical (unpaired) electrons. The summed E-state index contributed by atoms with van der Waals surface area (Å²) in [5, 5.41) is 9.95. The van der Waals surface area contributed by atoms with Gasteiger partial charge in [0.1, 0.15) is 11.6 Å². The smallest absolute Gasteiger partial charge is 0.192 e. The number of hydrogen-bond donors (Lipinski definition) is 0. The summed E-state index contributed by atoms with van der Waals surface area (Å²) in [6, 6.07) is 12.3. The Bertz CT molecular complexity index is 1180. The van der Waals surface area contributed by atoms with Crippen LogP contribution < -0.4 is 0 Å². The van der Waals surface area contributed by atoms with Crippen molar-refractivity contribution in [2.45, 2.75) is 63.5 Å². The number of aromatic nitrogens is 3. The van der Waals surface area contributed by atoms with E-state index < -0.39 is 8.32 Å². The average molecular weight is 518 g/mol. The zero-order valence-corrected chi connectivity index (χ0v) is 23.4. The van der Waals surface area contributed by atoms with E-state index in [1.807, 2.05) is 30.0 Å². The fourth-order valence-electron chi connectivity index (χ4n) is 3.83. The van der Waals surface area contributed by atoms with E-state index in [0.29, 0.717) is 11.6 Å². The Kier molecular flexibility index (Phi) is 7.04. The van der Waals surface area contributed by atoms with E-state index >= 15 is 0 Å². The van der Waals surface area contributed by atoms with Gasteiger partial charge in [-0.15, -0.1) is 10.2 Å². The van der Waals surface area contributed by atoms with Crippen molar-refractivity contribution in [3.63, 3.8) is 0 Å². The Labute approximate surface area is 212 Å². The van der Waals surface area contributed by atoms with Crippen molar-refractivity contribution in [1.82, 2.24) is 14.8 Å². The first-order valence-electron chi connectivity index (χ1n) is 11.6. The summed E-state index contributed by atoms with van der Waals surface area (Å²) in [6.45, 7) is 15.2. The van der Waals surface area contributed by atoms with Gasteiger partial charge in [-0.1, -0.05) is 50.6 Å². The molecule has 1 aromatic heterocycles. The number of fused-ring (bicyclic) bond motifs is 1. The minimum atomic E-state index is -1.84. The molecule has 34 heavy (non-hydrogen) atoms. The van der Waals surface area contributed by atoms with Gasteiger partial charge in [0, 0.05) is 35.6 Å². The summed E-state index contributed by atoms with van der Waals surface area (Å²) >= 11 is 8.57. The maximum absolute atomic E-state index is 13.4. The van der Waals surface area contributed by atoms with Crippen molar-refractivity contribution < 1.29 is 8.82 Å². The monoisotopic (exact) mass is 517 g/mol. The fraction of sp³-hybridized carbons (Fsp3) is 0.462. The molecule has 1 unspecified atom stereocenters. The Morgan fingerprint density at radius 2 is 1.79 bits per heavy atom. The van der Waals surface area contributed by atoms with Crippen LogP contribution >= 0.6 is 23.4 Å². The second-order valence-corrected chi connectivity index (χ2v) is 17.7. The molecule has 182 valence electrons. The highest BCUT2D eigenvalue weighted by Gasteiger charge is 2.40. The normalized spacial score (nSPS) is 19.1. The number of thioether (sulfide) groups is 1. The molecular weight excluding hydrogens is 485 g/mol. The molecule has 2 heterocycles. The maximum atomic E-state index is 13.4. The summed E-state index contributed by atoms with van der Waals surface area (Å²) in [6.07, 6.45) is 0.786. The second kappa shape index (κ2) is 9.41. The highest BCUT2D eigenvalue weighted by atomic mass is 35.5. The molecule has 1 atom stereocenters. The molecule has 8 heteroatoms. The van der Waals surface area contributed by atoms with Gasteiger partial charge in [0.25, 0.3) is 0 Å². The van der Waals surface area contributed by atoms with Crippen LogP contribution in [0.4, 0.5) is 4.39 Å². The van der Waals surface area contributed by atoms with E-state index in [4.69, 9.17) is 16.0 Å². The maximum Gasteiger partial charge on any atom is 0.192 e. The van der Waals surface area contributed by atoms with Gasteiger partial charge in [-0.2, -0.15) is 11.8 Å². The molecule has 0 amide bonds. The van der Waals surface area contributed by atoms with E-state index in [1.54, 1.807) is 12.1 Å². The quantitative estimate of drug-likeness (QED) is 0.329. The molecule has 0 saturated carbocycles. The van der Waals surface area contributed by atoms with Crippen LogP contribution in [0.3, 0.4) is 0 Å². The zero-order valence-electron chi connectivity index (χ0n) is 20.8. The molecule has 0 N–H and O–H groups in total. The Hall–Kier alpha value is -1.67. The van der Waals surface area contributed by atoms with E-state index in [-0.39, 0.29) is 15.6 Å². The summed E-state index contributed by atoms with van der Waals surface area (Å²) in [4.78, 5) is 0. The number of rotatable bonds is 5. The SMILES string of the molecule is CC1(CO[Si](C)(C)C(C)(C)C)Cc2nnc(-c3cc(-c4ccc(F)cc4)ccc3Cl)n2CCS1. The molecule has 2 aromatic carbocycles. The lowest BCUT2D eigenvalue weighted by Crippen LogP contribution is -2.45. The molecule has 0 spiro atoms. The van der Waals surface area contributed by atoms with E-state index in [2.05, 4.69) is 55.6 Å². The molecule has 0 aliphatic carbocycles. The largest absolute Gasteiger partial charge is 0.415 e. The van der Waals surface area contributed by atoms with Gasteiger partial charge >= 0.3 is 0 Å². The van der Waals surface area contributed by atoms with E-state index in [1.165, 1.54) is 12.1 Å². The number of benzene rings is 2. The molecule has 0 bridgehead atoms. The van der Waals surface area contributed by atoms with Gasteiger partial charge in [0.05, 0.1) is 5.02 Å². The van der Waals surface area contributed by atoms with Gasteiger partial charge in [-0.3, -0.25) is 0 Å². The predicted octanol–water partition coefficient (Wildman–Crippen LogP) is 7.47. The van der Waals surface area contributed by atoms with Crippen LogP contribution in [0.2, 0.25) is 23.2 Å². The van der Waals surface area contributed by atoms with Crippen LogP contribution in [-0.4, -0.2) is 40.2 Å². The lowest BCUT2D eigenvalue weighted by atomic mass is 10.0. The van der Waals surface area contributed by atoms with E-state index in [0.717, 1.165) is 47.1 Å². The molecular formula is C26H33ClFN3OSSi. The van der Waals surface area contributed by atoms with Crippen LogP contribution in [0.1, 0.15) is 33.5 Å². The van der Waals surface area contributed by atoms with Crippen molar-refractivity contribution in [1.29, 1.82) is 0 Å². The zero-order chi connectivity index (χ0) is 24.7. The molecule has 0 saturated heterocycles. The van der Waals surface area contributed by atoms with Gasteiger partial charge in [-0.25, -0.2) is 4.39 Å². The van der Waals surface area contributed by atoms with Crippen LogP contribution in [-0.2, 0) is 17.4 Å². The number of halogens is 2. The van der Waals surface area contributed by atoms with Crippen LogP contribution in [0.15, 0.2) is 42.5 Å². The number of nitrogens with zero attached hydrogens (tertiary/aromatic N) is 3. The van der Waals surface area contributed by atoms with Crippen molar-refractivity contribution in [2.75, 3.05) is 12.4 Å². The molecule has 1 aliphatic heterocycles. The molecule has 0 fully saturated rings. The lowest BCUT2D eigenvalue weighted by Gasteiger charge is -2.39. The standard InChI is InChI=1S/C26H33ClFN3OSSi/c1-25(2,3)34(5,6)32-17-26(4)16-23-29-30-24(31(23)13-14-33-26)21-15-19(9-12-22(21)27)18-7-10-20(28)11-8-18/h7-12,15H,13-14,16-17H2,1-6H3. The van der Waals surface area contributed by atoms with Crippen molar-refractivity contribution >= 4 is 31.7 Å². The summed E-state index contributed by atoms with van der Waals surface area (Å²) in [5.41, 5.74) is 2.74. The van der Waals surface area contributed by atoms with Gasteiger partial charge in [-0.05, 0) is 60.4 Å². The third kappa shape index (κ3) is 5.27. The predicted molar refractivity (Wildman–Crippen MR) is 144 cm³/mol. The van der Waals surface area contributed by atoms with Gasteiger partial charge < -0.3 is 8.99 Å². The molecule has 4 rings (SSSR count). The summed E-state index contributed by atoms with van der Waals surface area (Å²) in [7, 11) is -1.84. The topological polar surface area (TPSA) is 39.9 Å². The molecule has 3 aromatic rings. The molecule has 1 aliphatic rings. The second-order valence-electron chi connectivity index (χ2n) is 10.8. The van der Waals surface area contributed by atoms with Gasteiger partial charge in [0.2, 0.25) is 0 Å². The van der Waals surface area contributed by atoms with Gasteiger partial charge in [0.15, 0.2) is 14.1 Å². The van der Waals surface area contributed by atoms with Crippen molar-refractivity contribution in [3.05, 3.63) is 59.1 Å². The summed E-state index contributed by atoms with van der Waals surface area (Å²) < 4.78 is 22.1. The highest BCUT2D eigenvalue weighted by Crippen LogP contribution is 2.40. The highest BCUT2D eigenvalue weighted by molar-refractivity contribution is 8.00. The first kappa shape index (κ1) is 25.4. The van der Waals surface area contributed by atoms with Crippen LogP contribution in [0.25, 0.3) is 22.5 Å². The van der Waals surface area contributed by atoms with Crippen LogP contribution in [0.5, 0.6) is 0 Å². The molecule has 4 nitrogen and oxygen atoms in total. The van der Waals surface area contributed by atoms with E-state index in [9.17, 15) is 4.39 Å². The average Bonchev–Trinajstić information content (AvgIpc) is 3.06. The Morgan fingerprint density at radius 3 is 2.47 bits per heavy atom. The Morgan fingerprint density at radius 1 is 1.12 bits per heavy atom. The van der Waals surface area contributed by atoms with Crippen molar-refractivity contribution in [2.24, 2.45) is 0 Å². The van der Waals surface area contributed by atoms with Crippen molar-refractivity contribution in [3.8, 4) is 22.5 Å². The lowest BCUT2D eigenvalue weighted by molar-refractivity contribution is 0.252. The Balaban J connectivity index is 1.61. The fourth-order valence-corrected chi connectivity index (χ4v) is 6.39. The minimum Gasteiger partial charge on any atom is -0.415 e. The first-order valence-corrected chi connectivity index (χ1v) is 15.9. The minimum absolute atomic E-state index is 0.0617.